The summed E-state index contributed by atoms with van der Waals surface area (Å²) in [6, 6.07) is 41.7. The Hall–Kier alpha value is -4.88. The van der Waals surface area contributed by atoms with E-state index >= 15 is 0 Å². The lowest BCUT2D eigenvalue weighted by Crippen LogP contribution is -1.93. The van der Waals surface area contributed by atoms with E-state index in [4.69, 9.17) is 4.42 Å². The van der Waals surface area contributed by atoms with Crippen molar-refractivity contribution in [2.45, 2.75) is 12.8 Å². The van der Waals surface area contributed by atoms with Gasteiger partial charge in [-0.3, -0.25) is 0 Å². The van der Waals surface area contributed by atoms with Crippen LogP contribution in [0.25, 0.3) is 71.3 Å². The lowest BCUT2D eigenvalue weighted by Gasteiger charge is -2.19. The van der Waals surface area contributed by atoms with Crippen LogP contribution in [0.3, 0.4) is 0 Å². The summed E-state index contributed by atoms with van der Waals surface area (Å²) in [5, 5.41) is 7.39. The minimum Gasteiger partial charge on any atom is -0.456 e. The first-order valence-electron chi connectivity index (χ1n) is 13.7. The van der Waals surface area contributed by atoms with E-state index in [0.29, 0.717) is 0 Å². The fraction of sp³-hybridized carbons (Fsp3) is 0.0526. The monoisotopic (exact) mass is 498 g/mol. The molecule has 0 N–H and O–H groups in total. The molecule has 1 nitrogen and oxygen atoms in total. The first kappa shape index (κ1) is 22.1. The summed E-state index contributed by atoms with van der Waals surface area (Å²) in [6.07, 6.45) is 8.88. The topological polar surface area (TPSA) is 13.1 Å². The van der Waals surface area contributed by atoms with Gasteiger partial charge in [0.1, 0.15) is 11.2 Å². The number of hydrogen-bond donors (Lipinski definition) is 0. The minimum absolute atomic E-state index is 0.924. The van der Waals surface area contributed by atoms with Gasteiger partial charge in [-0.1, -0.05) is 115 Å². The van der Waals surface area contributed by atoms with Crippen molar-refractivity contribution in [1.82, 2.24) is 0 Å². The Balaban J connectivity index is 1.48. The largest absolute Gasteiger partial charge is 0.456 e. The van der Waals surface area contributed by atoms with Gasteiger partial charge in [-0.05, 0) is 86.0 Å². The fourth-order valence-corrected chi connectivity index (χ4v) is 6.43. The summed E-state index contributed by atoms with van der Waals surface area (Å²) in [7, 11) is 0. The minimum atomic E-state index is 0.924. The third-order valence-corrected chi connectivity index (χ3v) is 8.14. The molecule has 0 radical (unpaired) electrons. The third kappa shape index (κ3) is 3.47. The van der Waals surface area contributed by atoms with Crippen LogP contribution in [0.15, 0.2) is 138 Å². The molecule has 0 fully saturated rings. The highest BCUT2D eigenvalue weighted by Gasteiger charge is 2.20. The van der Waals surface area contributed by atoms with Gasteiger partial charge in [-0.15, -0.1) is 0 Å². The molecule has 0 aliphatic heterocycles. The van der Waals surface area contributed by atoms with Crippen LogP contribution in [0.5, 0.6) is 0 Å². The highest BCUT2D eigenvalue weighted by atomic mass is 16.3. The van der Waals surface area contributed by atoms with Crippen LogP contribution in [-0.2, 0) is 0 Å². The van der Waals surface area contributed by atoms with Gasteiger partial charge in [0, 0.05) is 10.8 Å². The van der Waals surface area contributed by atoms with Crippen molar-refractivity contribution in [3.63, 3.8) is 0 Å². The molecule has 7 aromatic rings. The van der Waals surface area contributed by atoms with E-state index < -0.39 is 0 Å². The second-order valence-corrected chi connectivity index (χ2v) is 10.4. The number of benzene rings is 6. The van der Waals surface area contributed by atoms with Crippen molar-refractivity contribution in [3.05, 3.63) is 139 Å². The van der Waals surface area contributed by atoms with Gasteiger partial charge in [-0.2, -0.15) is 0 Å². The maximum atomic E-state index is 6.29. The Labute approximate surface area is 227 Å². The van der Waals surface area contributed by atoms with Crippen molar-refractivity contribution in [2.75, 3.05) is 0 Å². The van der Waals surface area contributed by atoms with Gasteiger partial charge in [0.25, 0.3) is 0 Å². The number of rotatable bonds is 3. The van der Waals surface area contributed by atoms with Gasteiger partial charge in [0.2, 0.25) is 0 Å². The zero-order valence-electron chi connectivity index (χ0n) is 21.5. The molecule has 0 bridgehead atoms. The number of fused-ring (bicyclic) bond motifs is 5. The molecule has 6 aromatic carbocycles. The van der Waals surface area contributed by atoms with Crippen LogP contribution in [-0.4, -0.2) is 0 Å². The van der Waals surface area contributed by atoms with Crippen molar-refractivity contribution in [3.8, 4) is 22.3 Å². The van der Waals surface area contributed by atoms with Crippen LogP contribution in [0.2, 0.25) is 0 Å². The first-order valence-corrected chi connectivity index (χ1v) is 13.7. The fourth-order valence-electron chi connectivity index (χ4n) is 6.43. The third-order valence-electron chi connectivity index (χ3n) is 8.14. The molecule has 0 saturated carbocycles. The zero-order chi connectivity index (χ0) is 25.8. The summed E-state index contributed by atoms with van der Waals surface area (Å²) in [6.45, 7) is 0. The first-order chi connectivity index (χ1) is 19.4. The molecule has 0 amide bonds. The standard InChI is InChI=1S/C38H26O/c1-2-12-25(13-3-1)26-14-10-15-27(24-26)36-28-16-4-6-18-30(28)37(31-19-7-5-17-29(31)36)33-21-11-23-35-38(33)32-20-8-9-22-34(32)39-35/h1-2,4-12,14-24H,3,13H2. The average molecular weight is 499 g/mol. The van der Waals surface area contributed by atoms with Crippen molar-refractivity contribution < 1.29 is 4.42 Å². The highest BCUT2D eigenvalue weighted by Crippen LogP contribution is 2.47. The van der Waals surface area contributed by atoms with Crippen LogP contribution < -0.4 is 0 Å². The van der Waals surface area contributed by atoms with Crippen LogP contribution in [0, 0.1) is 0 Å². The Kier molecular flexibility index (Phi) is 5.03. The van der Waals surface area contributed by atoms with E-state index in [-0.39, 0.29) is 0 Å². The molecule has 0 atom stereocenters. The number of hydrogen-bond acceptors (Lipinski definition) is 1. The SMILES string of the molecule is C1=CCCC(c2cccc(-c3c4ccccc4c(-c4cccc5oc6ccccc6c45)c4ccccc34)c2)=C1. The van der Waals surface area contributed by atoms with Crippen LogP contribution >= 0.6 is 0 Å². The Morgan fingerprint density at radius 3 is 1.85 bits per heavy atom. The second kappa shape index (κ2) is 8.85. The Morgan fingerprint density at radius 2 is 1.13 bits per heavy atom. The van der Waals surface area contributed by atoms with E-state index in [1.807, 2.05) is 6.07 Å². The molecule has 1 aromatic heterocycles. The highest BCUT2D eigenvalue weighted by molar-refractivity contribution is 6.25. The number of allylic oxidation sites excluding steroid dienone is 4. The van der Waals surface area contributed by atoms with Crippen molar-refractivity contribution >= 4 is 49.1 Å². The van der Waals surface area contributed by atoms with Gasteiger partial charge >= 0.3 is 0 Å². The summed E-state index contributed by atoms with van der Waals surface area (Å²) in [5.74, 6) is 0. The normalized spacial score (nSPS) is 13.5. The molecule has 8 rings (SSSR count). The lowest BCUT2D eigenvalue weighted by molar-refractivity contribution is 0.669. The quantitative estimate of drug-likeness (QED) is 0.221. The van der Waals surface area contributed by atoms with Gasteiger partial charge in [0.05, 0.1) is 0 Å². The summed E-state index contributed by atoms with van der Waals surface area (Å²) >= 11 is 0. The Bertz CT molecular complexity index is 2060. The van der Waals surface area contributed by atoms with Gasteiger partial charge in [-0.25, -0.2) is 0 Å². The molecular formula is C38H26O. The predicted octanol–water partition coefficient (Wildman–Crippen LogP) is 11.0. The molecule has 0 unspecified atom stereocenters. The van der Waals surface area contributed by atoms with Crippen LogP contribution in [0.1, 0.15) is 18.4 Å². The molecule has 1 aliphatic rings. The van der Waals surface area contributed by atoms with Gasteiger partial charge in [0.15, 0.2) is 0 Å². The molecule has 1 aliphatic carbocycles. The number of furan rings is 1. The van der Waals surface area contributed by atoms with E-state index in [1.54, 1.807) is 0 Å². The smallest absolute Gasteiger partial charge is 0.136 e. The summed E-state index contributed by atoms with van der Waals surface area (Å²) < 4.78 is 6.29. The van der Waals surface area contributed by atoms with Crippen molar-refractivity contribution in [2.24, 2.45) is 0 Å². The average Bonchev–Trinajstić information content (AvgIpc) is 3.39. The van der Waals surface area contributed by atoms with E-state index in [0.717, 1.165) is 29.4 Å². The maximum Gasteiger partial charge on any atom is 0.136 e. The van der Waals surface area contributed by atoms with Gasteiger partial charge < -0.3 is 4.42 Å². The molecule has 184 valence electrons. The maximum absolute atomic E-state index is 6.29. The molecule has 0 saturated heterocycles. The summed E-state index contributed by atoms with van der Waals surface area (Å²) in [5.41, 5.74) is 9.59. The zero-order valence-corrected chi connectivity index (χ0v) is 21.5. The molecular weight excluding hydrogens is 472 g/mol. The van der Waals surface area contributed by atoms with E-state index in [9.17, 15) is 0 Å². The van der Waals surface area contributed by atoms with Crippen molar-refractivity contribution in [1.29, 1.82) is 0 Å². The lowest BCUT2D eigenvalue weighted by atomic mass is 9.84. The molecule has 39 heavy (non-hydrogen) atoms. The summed E-state index contributed by atoms with van der Waals surface area (Å²) in [4.78, 5) is 0. The number of para-hydroxylation sites is 1. The molecule has 1 heterocycles. The molecule has 1 heteroatoms. The second-order valence-electron chi connectivity index (χ2n) is 10.4. The predicted molar refractivity (Wildman–Crippen MR) is 166 cm³/mol. The van der Waals surface area contributed by atoms with E-state index in [2.05, 4.69) is 127 Å². The van der Waals surface area contributed by atoms with Crippen LogP contribution in [0.4, 0.5) is 0 Å². The molecule has 0 spiro atoms. The Morgan fingerprint density at radius 1 is 0.513 bits per heavy atom. The van der Waals surface area contributed by atoms with E-state index in [1.165, 1.54) is 60.3 Å².